The maximum absolute atomic E-state index is 9.07. The van der Waals surface area contributed by atoms with Gasteiger partial charge in [0, 0.05) is 10.0 Å². The summed E-state index contributed by atoms with van der Waals surface area (Å²) in [4.78, 5) is 0. The average Bonchev–Trinajstić information content (AvgIpc) is 2.17. The summed E-state index contributed by atoms with van der Waals surface area (Å²) < 4.78 is 6.14. The van der Waals surface area contributed by atoms with Crippen LogP contribution in [0, 0.1) is 11.3 Å². The Morgan fingerprint density at radius 1 is 1.43 bits per heavy atom. The summed E-state index contributed by atoms with van der Waals surface area (Å²) in [6, 6.07) is 7.93. The van der Waals surface area contributed by atoms with Gasteiger partial charge in [0.25, 0.3) is 0 Å². The minimum atomic E-state index is -0.550. The molecule has 74 valence electrons. The van der Waals surface area contributed by atoms with E-state index in [0.717, 1.165) is 15.8 Å². The molecule has 3 heteroatoms. The Hall–Kier alpha value is -1.01. The lowest BCUT2D eigenvalue weighted by atomic mass is 9.86. The molecule has 1 aromatic rings. The highest BCUT2D eigenvalue weighted by Gasteiger charge is 2.26. The molecular formula is C11H12BrNO. The SMILES string of the molecule is COc1cccc(Br)c1C(C)(C)C#N. The molecule has 0 atom stereocenters. The van der Waals surface area contributed by atoms with Crippen LogP contribution >= 0.6 is 15.9 Å². The van der Waals surface area contributed by atoms with Gasteiger partial charge in [-0.2, -0.15) is 5.26 Å². The monoisotopic (exact) mass is 253 g/mol. The van der Waals surface area contributed by atoms with Gasteiger partial charge in [-0.3, -0.25) is 0 Å². The Morgan fingerprint density at radius 3 is 2.57 bits per heavy atom. The van der Waals surface area contributed by atoms with Gasteiger partial charge in [-0.1, -0.05) is 22.0 Å². The van der Waals surface area contributed by atoms with E-state index in [1.807, 2.05) is 32.0 Å². The van der Waals surface area contributed by atoms with E-state index in [2.05, 4.69) is 22.0 Å². The number of hydrogen-bond acceptors (Lipinski definition) is 2. The van der Waals surface area contributed by atoms with Gasteiger partial charge in [0.2, 0.25) is 0 Å². The Bertz CT molecular complexity index is 379. The normalized spacial score (nSPS) is 10.8. The van der Waals surface area contributed by atoms with Crippen molar-refractivity contribution in [3.63, 3.8) is 0 Å². The molecule has 0 heterocycles. The van der Waals surface area contributed by atoms with Crippen molar-refractivity contribution in [1.82, 2.24) is 0 Å². The number of halogens is 1. The molecule has 0 amide bonds. The third-order valence-electron chi connectivity index (χ3n) is 2.10. The van der Waals surface area contributed by atoms with Gasteiger partial charge < -0.3 is 4.74 Å². The zero-order valence-corrected chi connectivity index (χ0v) is 10.1. The van der Waals surface area contributed by atoms with E-state index in [4.69, 9.17) is 10.00 Å². The van der Waals surface area contributed by atoms with Crippen LogP contribution in [0.5, 0.6) is 5.75 Å². The van der Waals surface area contributed by atoms with Crippen molar-refractivity contribution < 1.29 is 4.74 Å². The first-order valence-corrected chi connectivity index (χ1v) is 5.06. The van der Waals surface area contributed by atoms with Crippen LogP contribution in [0.25, 0.3) is 0 Å². The van der Waals surface area contributed by atoms with Gasteiger partial charge in [0.1, 0.15) is 5.75 Å². The van der Waals surface area contributed by atoms with Crippen LogP contribution < -0.4 is 4.74 Å². The van der Waals surface area contributed by atoms with Crippen molar-refractivity contribution in [2.45, 2.75) is 19.3 Å². The van der Waals surface area contributed by atoms with E-state index >= 15 is 0 Å². The maximum Gasteiger partial charge on any atom is 0.124 e. The highest BCUT2D eigenvalue weighted by atomic mass is 79.9. The second kappa shape index (κ2) is 4.02. The molecule has 0 spiro atoms. The summed E-state index contributed by atoms with van der Waals surface area (Å²) in [6.45, 7) is 3.74. The van der Waals surface area contributed by atoms with Gasteiger partial charge in [0.05, 0.1) is 18.6 Å². The molecule has 14 heavy (non-hydrogen) atoms. The van der Waals surface area contributed by atoms with E-state index in [9.17, 15) is 0 Å². The number of benzene rings is 1. The average molecular weight is 254 g/mol. The van der Waals surface area contributed by atoms with Crippen LogP contribution in [0.1, 0.15) is 19.4 Å². The molecule has 0 aliphatic rings. The molecule has 0 bridgehead atoms. The highest BCUT2D eigenvalue weighted by Crippen LogP contribution is 2.36. The second-order valence-corrected chi connectivity index (χ2v) is 4.41. The first kappa shape index (κ1) is 11.1. The van der Waals surface area contributed by atoms with Crippen LogP contribution in [0.3, 0.4) is 0 Å². The predicted octanol–water partition coefficient (Wildman–Crippen LogP) is 3.26. The number of rotatable bonds is 2. The molecular weight excluding hydrogens is 242 g/mol. The number of nitrogens with zero attached hydrogens (tertiary/aromatic N) is 1. The quantitative estimate of drug-likeness (QED) is 0.811. The van der Waals surface area contributed by atoms with Gasteiger partial charge >= 0.3 is 0 Å². The summed E-state index contributed by atoms with van der Waals surface area (Å²) in [7, 11) is 1.61. The number of hydrogen-bond donors (Lipinski definition) is 0. The third kappa shape index (κ3) is 1.91. The van der Waals surface area contributed by atoms with Crippen molar-refractivity contribution in [1.29, 1.82) is 5.26 Å². The smallest absolute Gasteiger partial charge is 0.124 e. The standard InChI is InChI=1S/C11H12BrNO/c1-11(2,7-13)10-8(12)5-4-6-9(10)14-3/h4-6H,1-3H3. The fourth-order valence-corrected chi connectivity index (χ4v) is 2.18. The molecule has 0 saturated carbocycles. The molecule has 0 aliphatic heterocycles. The van der Waals surface area contributed by atoms with Gasteiger partial charge in [-0.05, 0) is 26.0 Å². The minimum Gasteiger partial charge on any atom is -0.496 e. The largest absolute Gasteiger partial charge is 0.496 e. The van der Waals surface area contributed by atoms with E-state index in [1.54, 1.807) is 7.11 Å². The topological polar surface area (TPSA) is 33.0 Å². The first-order valence-electron chi connectivity index (χ1n) is 4.27. The van der Waals surface area contributed by atoms with Crippen LogP contribution in [-0.2, 0) is 5.41 Å². The molecule has 1 aromatic carbocycles. The maximum atomic E-state index is 9.07. The molecule has 0 fully saturated rings. The number of ether oxygens (including phenoxy) is 1. The fraction of sp³-hybridized carbons (Fsp3) is 0.364. The van der Waals surface area contributed by atoms with Gasteiger partial charge in [0.15, 0.2) is 0 Å². The molecule has 2 nitrogen and oxygen atoms in total. The molecule has 0 aliphatic carbocycles. The molecule has 1 rings (SSSR count). The Morgan fingerprint density at radius 2 is 2.07 bits per heavy atom. The fourth-order valence-electron chi connectivity index (χ4n) is 1.34. The van der Waals surface area contributed by atoms with Gasteiger partial charge in [-0.25, -0.2) is 0 Å². The van der Waals surface area contributed by atoms with Crippen LogP contribution in [0.4, 0.5) is 0 Å². The Kier molecular flexibility index (Phi) is 3.17. The van der Waals surface area contributed by atoms with E-state index < -0.39 is 5.41 Å². The van der Waals surface area contributed by atoms with E-state index in [-0.39, 0.29) is 0 Å². The van der Waals surface area contributed by atoms with Crippen LogP contribution in [0.2, 0.25) is 0 Å². The zero-order valence-electron chi connectivity index (χ0n) is 8.47. The Labute approximate surface area is 92.6 Å². The van der Waals surface area contributed by atoms with Crippen molar-refractivity contribution in [3.8, 4) is 11.8 Å². The zero-order chi connectivity index (χ0) is 10.8. The summed E-state index contributed by atoms with van der Waals surface area (Å²) in [5, 5.41) is 9.07. The molecule has 0 radical (unpaired) electrons. The summed E-state index contributed by atoms with van der Waals surface area (Å²) in [5.41, 5.74) is 0.343. The lowest BCUT2D eigenvalue weighted by molar-refractivity contribution is 0.402. The summed E-state index contributed by atoms with van der Waals surface area (Å²) in [5.74, 6) is 0.742. The lowest BCUT2D eigenvalue weighted by Crippen LogP contribution is -2.16. The number of nitriles is 1. The van der Waals surface area contributed by atoms with Crippen molar-refractivity contribution in [2.75, 3.05) is 7.11 Å². The van der Waals surface area contributed by atoms with Crippen molar-refractivity contribution in [2.24, 2.45) is 0 Å². The molecule has 0 aromatic heterocycles. The van der Waals surface area contributed by atoms with E-state index in [1.165, 1.54) is 0 Å². The third-order valence-corrected chi connectivity index (χ3v) is 2.76. The summed E-state index contributed by atoms with van der Waals surface area (Å²) >= 11 is 3.43. The van der Waals surface area contributed by atoms with Crippen LogP contribution in [-0.4, -0.2) is 7.11 Å². The minimum absolute atomic E-state index is 0.550. The van der Waals surface area contributed by atoms with Crippen molar-refractivity contribution in [3.05, 3.63) is 28.2 Å². The van der Waals surface area contributed by atoms with Crippen molar-refractivity contribution >= 4 is 15.9 Å². The summed E-state index contributed by atoms with van der Waals surface area (Å²) in [6.07, 6.45) is 0. The Balaban J connectivity index is 3.40. The second-order valence-electron chi connectivity index (χ2n) is 3.55. The highest BCUT2D eigenvalue weighted by molar-refractivity contribution is 9.10. The van der Waals surface area contributed by atoms with Crippen LogP contribution in [0.15, 0.2) is 22.7 Å². The molecule has 0 saturated heterocycles. The number of methoxy groups -OCH3 is 1. The first-order chi connectivity index (χ1) is 6.53. The lowest BCUT2D eigenvalue weighted by Gasteiger charge is -2.20. The van der Waals surface area contributed by atoms with E-state index in [0.29, 0.717) is 0 Å². The predicted molar refractivity (Wildman–Crippen MR) is 59.3 cm³/mol. The van der Waals surface area contributed by atoms with Gasteiger partial charge in [-0.15, -0.1) is 0 Å². The molecule has 0 unspecified atom stereocenters. The molecule has 0 N–H and O–H groups in total.